The molecule has 1 aromatic heterocycles. The number of hydrogen-bond donors (Lipinski definition) is 0. The Balaban J connectivity index is 2.25. The standard InChI is InChI=1S/C12H19ClN2O3S/c1-8(2)12-14-11(19(13,16)17)7-15(12)6-10-5-4-9(3)18-10/h7-10H,4-6H2,1-3H3. The molecule has 2 unspecified atom stereocenters. The Morgan fingerprint density at radius 3 is 2.68 bits per heavy atom. The summed E-state index contributed by atoms with van der Waals surface area (Å²) in [7, 11) is 1.57. The molecule has 2 heterocycles. The molecular weight excluding hydrogens is 288 g/mol. The molecule has 5 nitrogen and oxygen atoms in total. The summed E-state index contributed by atoms with van der Waals surface area (Å²) in [6.45, 7) is 6.62. The number of hydrogen-bond acceptors (Lipinski definition) is 4. The van der Waals surface area contributed by atoms with Crippen LogP contribution in [0.15, 0.2) is 11.2 Å². The van der Waals surface area contributed by atoms with E-state index >= 15 is 0 Å². The van der Waals surface area contributed by atoms with Crippen molar-refractivity contribution in [3.8, 4) is 0 Å². The number of halogens is 1. The van der Waals surface area contributed by atoms with Crippen LogP contribution in [0.2, 0.25) is 0 Å². The minimum absolute atomic E-state index is 0.0797. The summed E-state index contributed by atoms with van der Waals surface area (Å²) < 4.78 is 30.4. The maximum Gasteiger partial charge on any atom is 0.280 e. The second kappa shape index (κ2) is 5.42. The fourth-order valence-corrected chi connectivity index (χ4v) is 3.05. The van der Waals surface area contributed by atoms with E-state index in [2.05, 4.69) is 4.98 Å². The van der Waals surface area contributed by atoms with Gasteiger partial charge in [0.2, 0.25) is 0 Å². The Hall–Kier alpha value is -0.590. The zero-order valence-corrected chi connectivity index (χ0v) is 12.9. The molecule has 0 N–H and O–H groups in total. The highest BCUT2D eigenvalue weighted by Crippen LogP contribution is 2.24. The van der Waals surface area contributed by atoms with Gasteiger partial charge in [0.25, 0.3) is 9.05 Å². The summed E-state index contributed by atoms with van der Waals surface area (Å²) in [6, 6.07) is 0. The molecule has 0 bridgehead atoms. The first kappa shape index (κ1) is 14.8. The predicted molar refractivity (Wildman–Crippen MR) is 72.9 cm³/mol. The quantitative estimate of drug-likeness (QED) is 0.802. The van der Waals surface area contributed by atoms with Crippen molar-refractivity contribution in [1.82, 2.24) is 9.55 Å². The van der Waals surface area contributed by atoms with Gasteiger partial charge < -0.3 is 9.30 Å². The molecule has 0 spiro atoms. The van der Waals surface area contributed by atoms with E-state index in [9.17, 15) is 8.42 Å². The van der Waals surface area contributed by atoms with E-state index in [1.54, 1.807) is 0 Å². The van der Waals surface area contributed by atoms with E-state index < -0.39 is 9.05 Å². The van der Waals surface area contributed by atoms with Crippen LogP contribution in [0.4, 0.5) is 0 Å². The summed E-state index contributed by atoms with van der Waals surface area (Å²) in [5.74, 6) is 0.855. The molecule has 2 rings (SSSR count). The first-order valence-corrected chi connectivity index (χ1v) is 8.75. The summed E-state index contributed by atoms with van der Waals surface area (Å²) in [4.78, 5) is 4.13. The summed E-state index contributed by atoms with van der Waals surface area (Å²) in [5.41, 5.74) is 0. The number of rotatable bonds is 4. The zero-order chi connectivity index (χ0) is 14.2. The lowest BCUT2D eigenvalue weighted by Crippen LogP contribution is -2.18. The third-order valence-electron chi connectivity index (χ3n) is 3.27. The lowest BCUT2D eigenvalue weighted by Gasteiger charge is -2.15. The molecular formula is C12H19ClN2O3S. The highest BCUT2D eigenvalue weighted by Gasteiger charge is 2.25. The molecule has 0 radical (unpaired) electrons. The first-order valence-electron chi connectivity index (χ1n) is 6.44. The van der Waals surface area contributed by atoms with Gasteiger partial charge in [-0.05, 0) is 19.8 Å². The molecule has 1 saturated heterocycles. The van der Waals surface area contributed by atoms with Crippen LogP contribution in [-0.2, 0) is 20.3 Å². The fraction of sp³-hybridized carbons (Fsp3) is 0.750. The minimum atomic E-state index is -3.78. The van der Waals surface area contributed by atoms with Crippen LogP contribution in [0.5, 0.6) is 0 Å². The van der Waals surface area contributed by atoms with Gasteiger partial charge in [0.1, 0.15) is 5.82 Å². The second-order valence-corrected chi connectivity index (χ2v) is 7.84. The molecule has 1 aromatic rings. The van der Waals surface area contributed by atoms with Gasteiger partial charge in [0.05, 0.1) is 18.8 Å². The number of imidazole rings is 1. The maximum absolute atomic E-state index is 11.4. The average Bonchev–Trinajstić information content (AvgIpc) is 2.85. The molecule has 108 valence electrons. The summed E-state index contributed by atoms with van der Waals surface area (Å²) in [6.07, 6.45) is 3.92. The molecule has 19 heavy (non-hydrogen) atoms. The number of nitrogens with zero attached hydrogens (tertiary/aromatic N) is 2. The predicted octanol–water partition coefficient (Wildman–Crippen LogP) is 2.50. The van der Waals surface area contributed by atoms with E-state index in [0.717, 1.165) is 18.7 Å². The Labute approximate surface area is 118 Å². The average molecular weight is 307 g/mol. The highest BCUT2D eigenvalue weighted by molar-refractivity contribution is 8.13. The van der Waals surface area contributed by atoms with Crippen molar-refractivity contribution in [2.24, 2.45) is 0 Å². The molecule has 1 aliphatic rings. The lowest BCUT2D eigenvalue weighted by atomic mass is 10.2. The highest BCUT2D eigenvalue weighted by atomic mass is 35.7. The van der Waals surface area contributed by atoms with Crippen LogP contribution in [0.3, 0.4) is 0 Å². The van der Waals surface area contributed by atoms with Crippen LogP contribution in [-0.4, -0.2) is 30.2 Å². The summed E-state index contributed by atoms with van der Waals surface area (Å²) >= 11 is 0. The van der Waals surface area contributed by atoms with Crippen molar-refractivity contribution in [2.45, 2.75) is 63.3 Å². The monoisotopic (exact) mass is 306 g/mol. The largest absolute Gasteiger partial charge is 0.373 e. The molecule has 0 aliphatic carbocycles. The van der Waals surface area contributed by atoms with Crippen molar-refractivity contribution in [2.75, 3.05) is 0 Å². The van der Waals surface area contributed by atoms with E-state index in [4.69, 9.17) is 15.4 Å². The molecule has 0 aromatic carbocycles. The second-order valence-electron chi connectivity index (χ2n) is 5.33. The van der Waals surface area contributed by atoms with Crippen LogP contribution in [0, 0.1) is 0 Å². The molecule has 1 aliphatic heterocycles. The van der Waals surface area contributed by atoms with Gasteiger partial charge in [-0.25, -0.2) is 13.4 Å². The van der Waals surface area contributed by atoms with E-state index in [0.29, 0.717) is 6.54 Å². The summed E-state index contributed by atoms with van der Waals surface area (Å²) in [5, 5.41) is -0.0797. The molecule has 2 atom stereocenters. The van der Waals surface area contributed by atoms with E-state index in [1.807, 2.05) is 25.3 Å². The van der Waals surface area contributed by atoms with Crippen molar-refractivity contribution in [1.29, 1.82) is 0 Å². The Bertz CT molecular complexity index is 553. The Kier molecular flexibility index (Phi) is 4.23. The van der Waals surface area contributed by atoms with Crippen molar-refractivity contribution >= 4 is 19.7 Å². The van der Waals surface area contributed by atoms with Crippen molar-refractivity contribution < 1.29 is 13.2 Å². The smallest absolute Gasteiger partial charge is 0.280 e. The Morgan fingerprint density at radius 2 is 2.21 bits per heavy atom. The van der Waals surface area contributed by atoms with Gasteiger partial charge in [-0.2, -0.15) is 0 Å². The molecule has 7 heteroatoms. The lowest BCUT2D eigenvalue weighted by molar-refractivity contribution is 0.0451. The molecule has 0 amide bonds. The minimum Gasteiger partial charge on any atom is -0.373 e. The SMILES string of the molecule is CC1CCC(Cn2cc(S(=O)(=O)Cl)nc2C(C)C)O1. The molecule has 1 fully saturated rings. The third kappa shape index (κ3) is 3.49. The van der Waals surface area contributed by atoms with Crippen molar-refractivity contribution in [3.05, 3.63) is 12.0 Å². The van der Waals surface area contributed by atoms with E-state index in [-0.39, 0.29) is 23.2 Å². The normalized spacial score (nSPS) is 24.3. The van der Waals surface area contributed by atoms with Gasteiger partial charge in [0.15, 0.2) is 5.03 Å². The van der Waals surface area contributed by atoms with Crippen molar-refractivity contribution in [3.63, 3.8) is 0 Å². The number of aromatic nitrogens is 2. The number of ether oxygens (including phenoxy) is 1. The van der Waals surface area contributed by atoms with Gasteiger partial charge in [-0.1, -0.05) is 13.8 Å². The first-order chi connectivity index (χ1) is 8.77. The topological polar surface area (TPSA) is 61.2 Å². The van der Waals surface area contributed by atoms with Gasteiger partial charge in [0, 0.05) is 22.8 Å². The van der Waals surface area contributed by atoms with Crippen LogP contribution >= 0.6 is 10.7 Å². The van der Waals surface area contributed by atoms with Crippen LogP contribution in [0.1, 0.15) is 45.4 Å². The van der Waals surface area contributed by atoms with Gasteiger partial charge >= 0.3 is 0 Å². The van der Waals surface area contributed by atoms with Crippen LogP contribution < -0.4 is 0 Å². The van der Waals surface area contributed by atoms with E-state index in [1.165, 1.54) is 6.20 Å². The Morgan fingerprint density at radius 1 is 1.53 bits per heavy atom. The zero-order valence-electron chi connectivity index (χ0n) is 11.3. The maximum atomic E-state index is 11.4. The molecule has 0 saturated carbocycles. The van der Waals surface area contributed by atoms with Gasteiger partial charge in [-0.3, -0.25) is 0 Å². The fourth-order valence-electron chi connectivity index (χ4n) is 2.37. The van der Waals surface area contributed by atoms with Crippen LogP contribution in [0.25, 0.3) is 0 Å². The third-order valence-corrected chi connectivity index (χ3v) is 4.44. The van der Waals surface area contributed by atoms with Gasteiger partial charge in [-0.15, -0.1) is 0 Å².